The summed E-state index contributed by atoms with van der Waals surface area (Å²) in [7, 11) is 0. The molecule has 2 N–H and O–H groups in total. The van der Waals surface area contributed by atoms with Crippen molar-refractivity contribution in [2.24, 2.45) is 5.10 Å². The Hall–Kier alpha value is -2.92. The zero-order valence-corrected chi connectivity index (χ0v) is 13.7. The topological polar surface area (TPSA) is 66.0 Å². The van der Waals surface area contributed by atoms with Crippen LogP contribution in [0.15, 0.2) is 53.6 Å². The Morgan fingerprint density at radius 1 is 1.08 bits per heavy atom. The van der Waals surface area contributed by atoms with Crippen LogP contribution in [0.3, 0.4) is 0 Å². The Morgan fingerprint density at radius 2 is 1.96 bits per heavy atom. The van der Waals surface area contributed by atoms with E-state index in [-0.39, 0.29) is 0 Å². The number of anilines is 1. The molecule has 24 heavy (non-hydrogen) atoms. The van der Waals surface area contributed by atoms with Gasteiger partial charge in [0, 0.05) is 10.9 Å². The smallest absolute Gasteiger partial charge is 0.222 e. The Balaban J connectivity index is 1.60. The van der Waals surface area contributed by atoms with Crippen LogP contribution in [0.4, 0.5) is 5.95 Å². The standard InChI is InChI=1S/C18H14ClN5/c1-11-6-7-14-12(8-11)9-13(17(19)21-14)10-20-24-18-22-15-4-2-3-5-16(15)23-18/h2-10H,1H3,(H2,22,23,24)/b20-10-. The quantitative estimate of drug-likeness (QED) is 0.328. The van der Waals surface area contributed by atoms with Crippen molar-refractivity contribution in [3.63, 3.8) is 0 Å². The number of pyridine rings is 1. The summed E-state index contributed by atoms with van der Waals surface area (Å²) in [5.41, 5.74) is 7.52. The number of benzene rings is 2. The number of hydrogen-bond acceptors (Lipinski definition) is 4. The Kier molecular flexibility index (Phi) is 3.63. The number of hydrazone groups is 1. The van der Waals surface area contributed by atoms with Crippen molar-refractivity contribution in [3.8, 4) is 0 Å². The second kappa shape index (κ2) is 5.94. The summed E-state index contributed by atoms with van der Waals surface area (Å²) in [6, 6.07) is 15.8. The van der Waals surface area contributed by atoms with E-state index in [0.29, 0.717) is 11.1 Å². The molecule has 0 bridgehead atoms. The molecule has 5 nitrogen and oxygen atoms in total. The van der Waals surface area contributed by atoms with Crippen LogP contribution in [0.1, 0.15) is 11.1 Å². The average molecular weight is 336 g/mol. The maximum atomic E-state index is 6.24. The third-order valence-corrected chi connectivity index (χ3v) is 4.02. The summed E-state index contributed by atoms with van der Waals surface area (Å²) < 4.78 is 0. The van der Waals surface area contributed by atoms with E-state index in [2.05, 4.69) is 31.5 Å². The van der Waals surface area contributed by atoms with Crippen LogP contribution in [0.5, 0.6) is 0 Å². The van der Waals surface area contributed by atoms with Crippen molar-refractivity contribution in [2.45, 2.75) is 6.92 Å². The second-order valence-electron chi connectivity index (χ2n) is 5.54. The first-order chi connectivity index (χ1) is 11.7. The molecule has 0 atom stereocenters. The molecule has 6 heteroatoms. The summed E-state index contributed by atoms with van der Waals surface area (Å²) in [5, 5.41) is 5.65. The van der Waals surface area contributed by atoms with Gasteiger partial charge in [0.15, 0.2) is 0 Å². The Bertz CT molecular complexity index is 1030. The van der Waals surface area contributed by atoms with Gasteiger partial charge in [-0.15, -0.1) is 0 Å². The molecule has 0 aliphatic rings. The summed E-state index contributed by atoms with van der Waals surface area (Å²) in [6.45, 7) is 2.05. The van der Waals surface area contributed by atoms with E-state index in [1.54, 1.807) is 6.21 Å². The first-order valence-corrected chi connectivity index (χ1v) is 7.87. The number of hydrogen-bond donors (Lipinski definition) is 2. The third-order valence-electron chi connectivity index (χ3n) is 3.71. The minimum absolute atomic E-state index is 0.418. The fourth-order valence-electron chi connectivity index (χ4n) is 2.55. The molecule has 2 aromatic heterocycles. The molecule has 0 radical (unpaired) electrons. The van der Waals surface area contributed by atoms with Crippen LogP contribution in [0.25, 0.3) is 21.9 Å². The lowest BCUT2D eigenvalue weighted by Gasteiger charge is -2.03. The molecule has 0 spiro atoms. The zero-order chi connectivity index (χ0) is 16.5. The molecule has 0 amide bonds. The van der Waals surface area contributed by atoms with Gasteiger partial charge in [-0.25, -0.2) is 15.4 Å². The van der Waals surface area contributed by atoms with Gasteiger partial charge in [-0.3, -0.25) is 0 Å². The summed E-state index contributed by atoms with van der Waals surface area (Å²) in [6.07, 6.45) is 1.64. The predicted molar refractivity (Wildman–Crippen MR) is 98.8 cm³/mol. The minimum atomic E-state index is 0.418. The molecule has 2 heterocycles. The molecule has 0 unspecified atom stereocenters. The highest BCUT2D eigenvalue weighted by Crippen LogP contribution is 2.20. The first kappa shape index (κ1) is 14.7. The number of aryl methyl sites for hydroxylation is 1. The van der Waals surface area contributed by atoms with Gasteiger partial charge in [0.25, 0.3) is 0 Å². The molecular formula is C18H14ClN5. The van der Waals surface area contributed by atoms with E-state index in [9.17, 15) is 0 Å². The Morgan fingerprint density at radius 3 is 2.83 bits per heavy atom. The average Bonchev–Trinajstić information content (AvgIpc) is 2.98. The number of para-hydroxylation sites is 2. The van der Waals surface area contributed by atoms with Crippen molar-refractivity contribution >= 4 is 45.7 Å². The highest BCUT2D eigenvalue weighted by atomic mass is 35.5. The van der Waals surface area contributed by atoms with Gasteiger partial charge >= 0.3 is 0 Å². The lowest BCUT2D eigenvalue weighted by molar-refractivity contribution is 1.21. The van der Waals surface area contributed by atoms with Crippen LogP contribution in [-0.2, 0) is 0 Å². The van der Waals surface area contributed by atoms with E-state index < -0.39 is 0 Å². The van der Waals surface area contributed by atoms with Gasteiger partial charge in [-0.1, -0.05) is 35.4 Å². The fourth-order valence-corrected chi connectivity index (χ4v) is 2.74. The van der Waals surface area contributed by atoms with Crippen LogP contribution < -0.4 is 5.43 Å². The van der Waals surface area contributed by atoms with Crippen molar-refractivity contribution in [3.05, 3.63) is 64.8 Å². The largest absolute Gasteiger partial charge is 0.323 e. The molecule has 0 fully saturated rings. The van der Waals surface area contributed by atoms with E-state index in [1.807, 2.05) is 49.4 Å². The van der Waals surface area contributed by atoms with E-state index >= 15 is 0 Å². The number of imidazole rings is 1. The van der Waals surface area contributed by atoms with Gasteiger partial charge in [0.1, 0.15) is 5.15 Å². The number of fused-ring (bicyclic) bond motifs is 2. The highest BCUT2D eigenvalue weighted by Gasteiger charge is 2.04. The number of nitrogens with one attached hydrogen (secondary N) is 2. The van der Waals surface area contributed by atoms with E-state index in [1.165, 1.54) is 5.56 Å². The van der Waals surface area contributed by atoms with Gasteiger partial charge in [0.2, 0.25) is 5.95 Å². The molecule has 118 valence electrons. The van der Waals surface area contributed by atoms with Crippen LogP contribution >= 0.6 is 11.6 Å². The van der Waals surface area contributed by atoms with Crippen LogP contribution in [0.2, 0.25) is 5.15 Å². The normalized spacial score (nSPS) is 11.6. The van der Waals surface area contributed by atoms with Gasteiger partial charge < -0.3 is 4.98 Å². The van der Waals surface area contributed by atoms with E-state index in [0.717, 1.165) is 27.5 Å². The Labute approximate surface area is 143 Å². The maximum Gasteiger partial charge on any atom is 0.222 e. The number of aromatic nitrogens is 3. The predicted octanol–water partition coefficient (Wildman–Crippen LogP) is 4.52. The van der Waals surface area contributed by atoms with Gasteiger partial charge in [-0.2, -0.15) is 5.10 Å². The number of aromatic amines is 1. The van der Waals surface area contributed by atoms with Crippen molar-refractivity contribution in [1.29, 1.82) is 0 Å². The molecule has 0 aliphatic carbocycles. The first-order valence-electron chi connectivity index (χ1n) is 7.50. The molecule has 0 saturated heterocycles. The number of H-pyrrole nitrogens is 1. The molecule has 4 aromatic rings. The fraction of sp³-hybridized carbons (Fsp3) is 0.0556. The molecule has 0 saturated carbocycles. The molecule has 0 aliphatic heterocycles. The van der Waals surface area contributed by atoms with E-state index in [4.69, 9.17) is 11.6 Å². The SMILES string of the molecule is Cc1ccc2nc(Cl)c(/C=N\Nc3nc4ccccc4[nH]3)cc2c1. The van der Waals surface area contributed by atoms with Crippen LogP contribution in [-0.4, -0.2) is 21.2 Å². The van der Waals surface area contributed by atoms with Crippen LogP contribution in [0, 0.1) is 6.92 Å². The summed E-state index contributed by atoms with van der Waals surface area (Å²) in [4.78, 5) is 11.9. The molecule has 2 aromatic carbocycles. The summed E-state index contributed by atoms with van der Waals surface area (Å²) >= 11 is 6.24. The second-order valence-corrected chi connectivity index (χ2v) is 5.90. The lowest BCUT2D eigenvalue weighted by atomic mass is 10.1. The molecular weight excluding hydrogens is 322 g/mol. The maximum absolute atomic E-state index is 6.24. The number of nitrogens with zero attached hydrogens (tertiary/aromatic N) is 3. The summed E-state index contributed by atoms with van der Waals surface area (Å²) in [5.74, 6) is 0.577. The highest BCUT2D eigenvalue weighted by molar-refractivity contribution is 6.32. The third kappa shape index (κ3) is 2.81. The monoisotopic (exact) mass is 335 g/mol. The van der Waals surface area contributed by atoms with Gasteiger partial charge in [-0.05, 0) is 37.3 Å². The van der Waals surface area contributed by atoms with Crippen molar-refractivity contribution in [1.82, 2.24) is 15.0 Å². The van der Waals surface area contributed by atoms with Gasteiger partial charge in [0.05, 0.1) is 22.8 Å². The number of halogens is 1. The zero-order valence-electron chi connectivity index (χ0n) is 12.9. The van der Waals surface area contributed by atoms with Crippen molar-refractivity contribution < 1.29 is 0 Å². The number of rotatable bonds is 3. The minimum Gasteiger partial charge on any atom is -0.323 e. The lowest BCUT2D eigenvalue weighted by Crippen LogP contribution is -1.94. The van der Waals surface area contributed by atoms with Crippen molar-refractivity contribution in [2.75, 3.05) is 5.43 Å². The molecule has 4 rings (SSSR count).